The van der Waals surface area contributed by atoms with Gasteiger partial charge in [-0.2, -0.15) is 0 Å². The molecule has 0 radical (unpaired) electrons. The van der Waals surface area contributed by atoms with Crippen LogP contribution in [0.1, 0.15) is 11.1 Å². The van der Waals surface area contributed by atoms with E-state index in [0.29, 0.717) is 0 Å². The maximum absolute atomic E-state index is 3.30. The summed E-state index contributed by atoms with van der Waals surface area (Å²) in [5.41, 5.74) is 5.73. The maximum Gasteiger partial charge on any atom is 0.0446 e. The highest BCUT2D eigenvalue weighted by Crippen LogP contribution is 2.33. The van der Waals surface area contributed by atoms with Crippen molar-refractivity contribution in [1.29, 1.82) is 0 Å². The Morgan fingerprint density at radius 3 is 1.96 bits per heavy atom. The van der Waals surface area contributed by atoms with E-state index in [1.165, 1.54) is 27.6 Å². The van der Waals surface area contributed by atoms with Crippen LogP contribution < -0.4 is 4.90 Å². The quantitative estimate of drug-likeness (QED) is 0.404. The number of hydrogen-bond acceptors (Lipinski definition) is 1. The Balaban J connectivity index is 1.83. The van der Waals surface area contributed by atoms with E-state index in [1.54, 1.807) is 0 Å². The molecule has 0 heterocycles. The molecule has 4 rings (SSSR count). The van der Waals surface area contributed by atoms with Crippen LogP contribution >= 0.6 is 0 Å². The largest absolute Gasteiger partial charge is 0.377 e. The lowest BCUT2D eigenvalue weighted by atomic mass is 9.98. The molecule has 0 saturated carbocycles. The SMILES string of the molecule is CN(C)c1cc(-c2ccccc2)cc2cc(C#Cc3ccccc3)ccc12. The summed E-state index contributed by atoms with van der Waals surface area (Å²) in [6.45, 7) is 0. The molecule has 0 N–H and O–H groups in total. The Kier molecular flexibility index (Phi) is 4.64. The van der Waals surface area contributed by atoms with Crippen LogP contribution in [0.15, 0.2) is 91.0 Å². The molecule has 0 saturated heterocycles. The Morgan fingerprint density at radius 2 is 1.26 bits per heavy atom. The lowest BCUT2D eigenvalue weighted by molar-refractivity contribution is 1.14. The molecule has 0 aliphatic carbocycles. The van der Waals surface area contributed by atoms with Crippen molar-refractivity contribution in [2.45, 2.75) is 0 Å². The summed E-state index contributed by atoms with van der Waals surface area (Å²) in [5, 5.41) is 2.45. The van der Waals surface area contributed by atoms with Crippen molar-refractivity contribution < 1.29 is 0 Å². The van der Waals surface area contributed by atoms with Crippen LogP contribution in [-0.4, -0.2) is 14.1 Å². The van der Waals surface area contributed by atoms with E-state index < -0.39 is 0 Å². The zero-order valence-electron chi connectivity index (χ0n) is 15.6. The van der Waals surface area contributed by atoms with Crippen LogP contribution in [0.3, 0.4) is 0 Å². The van der Waals surface area contributed by atoms with E-state index in [4.69, 9.17) is 0 Å². The minimum absolute atomic E-state index is 1.03. The Hall–Kier alpha value is -3.50. The third-order valence-electron chi connectivity index (χ3n) is 4.64. The number of nitrogens with zero attached hydrogens (tertiary/aromatic N) is 1. The van der Waals surface area contributed by atoms with Crippen LogP contribution in [-0.2, 0) is 0 Å². The molecule has 1 nitrogen and oxygen atoms in total. The Morgan fingerprint density at radius 1 is 0.593 bits per heavy atom. The standard InChI is InChI=1S/C26H21N/c1-27(2)26-19-23(22-11-7-4-8-12-22)18-24-17-21(15-16-25(24)26)14-13-20-9-5-3-6-10-20/h3-12,15-19H,1-2H3. The highest BCUT2D eigenvalue weighted by molar-refractivity contribution is 5.98. The van der Waals surface area contributed by atoms with Gasteiger partial charge in [-0.3, -0.25) is 0 Å². The number of anilines is 1. The van der Waals surface area contributed by atoms with Gasteiger partial charge in [-0.1, -0.05) is 66.4 Å². The first kappa shape index (κ1) is 16.9. The summed E-state index contributed by atoms with van der Waals surface area (Å²) in [7, 11) is 4.18. The van der Waals surface area contributed by atoms with Gasteiger partial charge in [0, 0.05) is 36.3 Å². The summed E-state index contributed by atoms with van der Waals surface area (Å²) in [6, 6.07) is 31.6. The molecule has 4 aromatic rings. The van der Waals surface area contributed by atoms with E-state index in [0.717, 1.165) is 11.1 Å². The molecule has 130 valence electrons. The smallest absolute Gasteiger partial charge is 0.0446 e. The van der Waals surface area contributed by atoms with Gasteiger partial charge in [-0.15, -0.1) is 0 Å². The van der Waals surface area contributed by atoms with Gasteiger partial charge >= 0.3 is 0 Å². The molecule has 0 amide bonds. The average Bonchev–Trinajstić information content (AvgIpc) is 2.72. The number of benzene rings is 4. The Bertz CT molecular complexity index is 1130. The fourth-order valence-corrected chi connectivity index (χ4v) is 3.26. The molecule has 0 unspecified atom stereocenters. The van der Waals surface area contributed by atoms with Gasteiger partial charge in [0.1, 0.15) is 0 Å². The summed E-state index contributed by atoms with van der Waals surface area (Å²) in [6.07, 6.45) is 0. The fraction of sp³-hybridized carbons (Fsp3) is 0.0769. The van der Waals surface area contributed by atoms with Crippen molar-refractivity contribution in [2.75, 3.05) is 19.0 Å². The van der Waals surface area contributed by atoms with Crippen LogP contribution in [0.4, 0.5) is 5.69 Å². The molecule has 4 aromatic carbocycles. The summed E-state index contributed by atoms with van der Waals surface area (Å²) in [5.74, 6) is 6.55. The third-order valence-corrected chi connectivity index (χ3v) is 4.64. The van der Waals surface area contributed by atoms with Gasteiger partial charge in [0.25, 0.3) is 0 Å². The third kappa shape index (κ3) is 3.71. The molecule has 0 atom stereocenters. The van der Waals surface area contributed by atoms with Crippen molar-refractivity contribution >= 4 is 16.5 Å². The summed E-state index contributed by atoms with van der Waals surface area (Å²) < 4.78 is 0. The minimum Gasteiger partial charge on any atom is -0.377 e. The second kappa shape index (κ2) is 7.40. The van der Waals surface area contributed by atoms with Crippen LogP contribution in [0.25, 0.3) is 21.9 Å². The van der Waals surface area contributed by atoms with Crippen molar-refractivity contribution in [3.63, 3.8) is 0 Å². The number of fused-ring (bicyclic) bond motifs is 1. The molecular formula is C26H21N. The molecule has 0 bridgehead atoms. The molecular weight excluding hydrogens is 326 g/mol. The topological polar surface area (TPSA) is 3.24 Å². The first-order chi connectivity index (χ1) is 13.2. The predicted molar refractivity (Wildman–Crippen MR) is 116 cm³/mol. The predicted octanol–water partition coefficient (Wildman–Crippen LogP) is 5.97. The van der Waals surface area contributed by atoms with Gasteiger partial charge in [0.2, 0.25) is 0 Å². The van der Waals surface area contributed by atoms with Crippen molar-refractivity contribution in [2.24, 2.45) is 0 Å². The summed E-state index contributed by atoms with van der Waals surface area (Å²) in [4.78, 5) is 2.17. The van der Waals surface area contributed by atoms with E-state index in [9.17, 15) is 0 Å². The molecule has 1 heteroatoms. The highest BCUT2D eigenvalue weighted by Gasteiger charge is 2.08. The number of hydrogen-bond donors (Lipinski definition) is 0. The monoisotopic (exact) mass is 347 g/mol. The van der Waals surface area contributed by atoms with Crippen molar-refractivity contribution in [3.8, 4) is 23.0 Å². The van der Waals surface area contributed by atoms with Gasteiger partial charge in [0.15, 0.2) is 0 Å². The van der Waals surface area contributed by atoms with E-state index >= 15 is 0 Å². The molecule has 0 aromatic heterocycles. The number of rotatable bonds is 2. The lowest BCUT2D eigenvalue weighted by Gasteiger charge is -2.18. The van der Waals surface area contributed by atoms with Crippen LogP contribution in [0.2, 0.25) is 0 Å². The molecule has 0 spiro atoms. The second-order valence-corrected chi connectivity index (χ2v) is 6.81. The zero-order chi connectivity index (χ0) is 18.6. The van der Waals surface area contributed by atoms with Crippen LogP contribution in [0, 0.1) is 11.8 Å². The van der Waals surface area contributed by atoms with E-state index in [2.05, 4.69) is 91.5 Å². The van der Waals surface area contributed by atoms with Crippen molar-refractivity contribution in [3.05, 3.63) is 102 Å². The summed E-state index contributed by atoms with van der Waals surface area (Å²) >= 11 is 0. The van der Waals surface area contributed by atoms with Crippen molar-refractivity contribution in [1.82, 2.24) is 0 Å². The maximum atomic E-state index is 3.30. The second-order valence-electron chi connectivity index (χ2n) is 6.81. The van der Waals surface area contributed by atoms with Gasteiger partial charge in [-0.25, -0.2) is 0 Å². The molecule has 0 fully saturated rings. The molecule has 27 heavy (non-hydrogen) atoms. The fourth-order valence-electron chi connectivity index (χ4n) is 3.26. The highest BCUT2D eigenvalue weighted by atomic mass is 15.1. The van der Waals surface area contributed by atoms with Gasteiger partial charge < -0.3 is 4.90 Å². The first-order valence-corrected chi connectivity index (χ1v) is 9.08. The van der Waals surface area contributed by atoms with E-state index in [1.807, 2.05) is 30.3 Å². The normalized spacial score (nSPS) is 10.3. The minimum atomic E-state index is 1.03. The van der Waals surface area contributed by atoms with Gasteiger partial charge in [-0.05, 0) is 52.9 Å². The Labute approximate surface area is 160 Å². The molecule has 0 aliphatic rings. The lowest BCUT2D eigenvalue weighted by Crippen LogP contribution is -2.09. The molecule has 0 aliphatic heterocycles. The zero-order valence-corrected chi connectivity index (χ0v) is 15.6. The average molecular weight is 347 g/mol. The van der Waals surface area contributed by atoms with Gasteiger partial charge in [0.05, 0.1) is 0 Å². The van der Waals surface area contributed by atoms with Crippen LogP contribution in [0.5, 0.6) is 0 Å². The first-order valence-electron chi connectivity index (χ1n) is 9.08. The van der Waals surface area contributed by atoms with E-state index in [-0.39, 0.29) is 0 Å².